The van der Waals surface area contributed by atoms with Crippen molar-refractivity contribution in [3.05, 3.63) is 35.1 Å². The van der Waals surface area contributed by atoms with Gasteiger partial charge in [-0.2, -0.15) is 13.2 Å². The largest absolute Gasteiger partial charge is 0.417 e. The maximum Gasteiger partial charge on any atom is 0.417 e. The third-order valence-electron chi connectivity index (χ3n) is 4.47. The molecular formula is C17H19ClF3N5. The van der Waals surface area contributed by atoms with Crippen LogP contribution in [0.25, 0.3) is 0 Å². The van der Waals surface area contributed by atoms with Gasteiger partial charge >= 0.3 is 6.18 Å². The zero-order chi connectivity index (χ0) is 18.9. The average Bonchev–Trinajstić information content (AvgIpc) is 2.58. The molecule has 1 fully saturated rings. The number of nitrogens with two attached hydrogens (primary N) is 1. The Labute approximate surface area is 154 Å². The van der Waals surface area contributed by atoms with Crippen molar-refractivity contribution in [2.24, 2.45) is 0 Å². The van der Waals surface area contributed by atoms with Crippen LogP contribution >= 0.6 is 11.6 Å². The third kappa shape index (κ3) is 3.80. The summed E-state index contributed by atoms with van der Waals surface area (Å²) in [6, 6.07) is 3.87. The SMILES string of the molecule is CC1CCCCN1c1ncnc(Nc2ccc(Cl)c(C(F)(F)F)c2)c1N. The molecule has 3 rings (SSSR count). The summed E-state index contributed by atoms with van der Waals surface area (Å²) >= 11 is 5.65. The first-order chi connectivity index (χ1) is 12.3. The summed E-state index contributed by atoms with van der Waals surface area (Å²) in [5, 5.41) is 2.49. The lowest BCUT2D eigenvalue weighted by atomic mass is 10.0. The molecule has 0 spiro atoms. The van der Waals surface area contributed by atoms with Gasteiger partial charge in [-0.25, -0.2) is 9.97 Å². The topological polar surface area (TPSA) is 67.1 Å². The van der Waals surface area contributed by atoms with Gasteiger partial charge in [0.2, 0.25) is 0 Å². The Morgan fingerprint density at radius 1 is 1.27 bits per heavy atom. The number of nitrogens with zero attached hydrogens (tertiary/aromatic N) is 3. The van der Waals surface area contributed by atoms with Gasteiger partial charge in [-0.15, -0.1) is 0 Å². The normalized spacial score (nSPS) is 18.0. The quantitative estimate of drug-likeness (QED) is 0.790. The summed E-state index contributed by atoms with van der Waals surface area (Å²) in [6.45, 7) is 2.93. The second-order valence-corrected chi connectivity index (χ2v) is 6.72. The maximum atomic E-state index is 13.0. The molecule has 0 aliphatic carbocycles. The molecule has 26 heavy (non-hydrogen) atoms. The van der Waals surface area contributed by atoms with Gasteiger partial charge in [0.05, 0.1) is 10.6 Å². The number of aromatic nitrogens is 2. The molecule has 0 radical (unpaired) electrons. The Balaban J connectivity index is 1.91. The fourth-order valence-electron chi connectivity index (χ4n) is 3.08. The number of nitrogens with one attached hydrogen (secondary N) is 1. The Morgan fingerprint density at radius 3 is 2.73 bits per heavy atom. The van der Waals surface area contributed by atoms with Gasteiger partial charge in [0.25, 0.3) is 0 Å². The van der Waals surface area contributed by atoms with Crippen LogP contribution in [0.5, 0.6) is 0 Å². The number of rotatable bonds is 3. The lowest BCUT2D eigenvalue weighted by Crippen LogP contribution is -2.38. The van der Waals surface area contributed by atoms with E-state index in [0.717, 1.165) is 31.9 Å². The average molecular weight is 386 g/mol. The molecule has 5 nitrogen and oxygen atoms in total. The molecule has 1 saturated heterocycles. The Bertz CT molecular complexity index is 796. The highest BCUT2D eigenvalue weighted by molar-refractivity contribution is 6.31. The number of halogens is 4. The van der Waals surface area contributed by atoms with Crippen LogP contribution in [-0.4, -0.2) is 22.6 Å². The first-order valence-electron chi connectivity index (χ1n) is 8.28. The first-order valence-corrected chi connectivity index (χ1v) is 8.66. The Morgan fingerprint density at radius 2 is 2.04 bits per heavy atom. The first kappa shape index (κ1) is 18.6. The highest BCUT2D eigenvalue weighted by Crippen LogP contribution is 2.38. The summed E-state index contributed by atoms with van der Waals surface area (Å²) < 4.78 is 39.1. The molecule has 1 aromatic carbocycles. The van der Waals surface area contributed by atoms with Crippen LogP contribution in [0, 0.1) is 0 Å². The molecule has 0 bridgehead atoms. The number of piperidine rings is 1. The van der Waals surface area contributed by atoms with Gasteiger partial charge < -0.3 is 16.0 Å². The van der Waals surface area contributed by atoms with Crippen molar-refractivity contribution < 1.29 is 13.2 Å². The molecule has 1 aliphatic heterocycles. The highest BCUT2D eigenvalue weighted by Gasteiger charge is 2.33. The number of benzene rings is 1. The van der Waals surface area contributed by atoms with E-state index in [2.05, 4.69) is 27.1 Å². The van der Waals surface area contributed by atoms with Crippen molar-refractivity contribution in [1.29, 1.82) is 0 Å². The molecule has 1 aliphatic rings. The lowest BCUT2D eigenvalue weighted by Gasteiger charge is -2.35. The molecule has 0 saturated carbocycles. The third-order valence-corrected chi connectivity index (χ3v) is 4.80. The molecular weight excluding hydrogens is 367 g/mol. The highest BCUT2D eigenvalue weighted by atomic mass is 35.5. The molecule has 1 atom stereocenters. The van der Waals surface area contributed by atoms with Gasteiger partial charge in [0.1, 0.15) is 12.0 Å². The van der Waals surface area contributed by atoms with Crippen LogP contribution < -0.4 is 16.0 Å². The minimum absolute atomic E-state index is 0.199. The van der Waals surface area contributed by atoms with Crippen molar-refractivity contribution in [2.75, 3.05) is 22.5 Å². The molecule has 2 heterocycles. The van der Waals surface area contributed by atoms with Crippen LogP contribution in [0.1, 0.15) is 31.7 Å². The van der Waals surface area contributed by atoms with Crippen LogP contribution in [-0.2, 0) is 6.18 Å². The monoisotopic (exact) mass is 385 g/mol. The smallest absolute Gasteiger partial charge is 0.393 e. The zero-order valence-electron chi connectivity index (χ0n) is 14.1. The molecule has 0 amide bonds. The lowest BCUT2D eigenvalue weighted by molar-refractivity contribution is -0.137. The second kappa shape index (κ2) is 7.19. The molecule has 1 unspecified atom stereocenters. The fraction of sp³-hybridized carbons (Fsp3) is 0.412. The van der Waals surface area contributed by atoms with Crippen molar-refractivity contribution in [2.45, 2.75) is 38.4 Å². The van der Waals surface area contributed by atoms with Gasteiger partial charge in [0, 0.05) is 18.3 Å². The predicted molar refractivity (Wildman–Crippen MR) is 96.8 cm³/mol. The number of anilines is 4. The summed E-state index contributed by atoms with van der Waals surface area (Å²) in [5.41, 5.74) is 5.79. The van der Waals surface area contributed by atoms with E-state index in [-0.39, 0.29) is 16.5 Å². The Kier molecular flexibility index (Phi) is 5.13. The maximum absolute atomic E-state index is 13.0. The van der Waals surface area contributed by atoms with E-state index in [4.69, 9.17) is 17.3 Å². The van der Waals surface area contributed by atoms with Crippen molar-refractivity contribution >= 4 is 34.6 Å². The Hall–Kier alpha value is -2.22. The van der Waals surface area contributed by atoms with Crippen molar-refractivity contribution in [1.82, 2.24) is 9.97 Å². The van der Waals surface area contributed by atoms with E-state index in [1.807, 2.05) is 0 Å². The van der Waals surface area contributed by atoms with Gasteiger partial charge in [-0.3, -0.25) is 0 Å². The van der Waals surface area contributed by atoms with Crippen LogP contribution in [0.3, 0.4) is 0 Å². The predicted octanol–water partition coefficient (Wildman–Crippen LogP) is 4.85. The summed E-state index contributed by atoms with van der Waals surface area (Å²) in [5.74, 6) is 0.864. The van der Waals surface area contributed by atoms with E-state index < -0.39 is 11.7 Å². The summed E-state index contributed by atoms with van der Waals surface area (Å²) in [4.78, 5) is 10.5. The fourth-order valence-corrected chi connectivity index (χ4v) is 3.31. The molecule has 9 heteroatoms. The number of hydrogen-bond donors (Lipinski definition) is 2. The minimum atomic E-state index is -4.54. The van der Waals surface area contributed by atoms with E-state index in [1.165, 1.54) is 18.5 Å². The molecule has 140 valence electrons. The summed E-state index contributed by atoms with van der Waals surface area (Å²) in [6.07, 6.45) is 0.0517. The van der Waals surface area contributed by atoms with Crippen LogP contribution in [0.4, 0.5) is 36.2 Å². The van der Waals surface area contributed by atoms with Crippen LogP contribution in [0.15, 0.2) is 24.5 Å². The van der Waals surface area contributed by atoms with Gasteiger partial charge in [-0.1, -0.05) is 11.6 Å². The van der Waals surface area contributed by atoms with Crippen LogP contribution in [0.2, 0.25) is 5.02 Å². The van der Waals surface area contributed by atoms with E-state index in [9.17, 15) is 13.2 Å². The second-order valence-electron chi connectivity index (χ2n) is 6.32. The van der Waals surface area contributed by atoms with Crippen molar-refractivity contribution in [3.63, 3.8) is 0 Å². The number of nitrogen functional groups attached to an aromatic ring is 1. The number of alkyl halides is 3. The minimum Gasteiger partial charge on any atom is -0.393 e. The molecule has 3 N–H and O–H groups in total. The van der Waals surface area contributed by atoms with E-state index in [0.29, 0.717) is 17.5 Å². The molecule has 2 aromatic rings. The van der Waals surface area contributed by atoms with Gasteiger partial charge in [0.15, 0.2) is 11.6 Å². The summed E-state index contributed by atoms with van der Waals surface area (Å²) in [7, 11) is 0. The standard InChI is InChI=1S/C17H19ClF3N5/c1-10-4-2-3-7-26(10)16-14(22)15(23-9-24-16)25-11-5-6-13(18)12(8-11)17(19,20)21/h5-6,8-10H,2-4,7,22H2,1H3,(H,23,24,25). The van der Waals surface area contributed by atoms with Crippen molar-refractivity contribution in [3.8, 4) is 0 Å². The van der Waals surface area contributed by atoms with Gasteiger partial charge in [-0.05, 0) is 44.4 Å². The zero-order valence-corrected chi connectivity index (χ0v) is 14.9. The van der Waals surface area contributed by atoms with E-state index in [1.54, 1.807) is 0 Å². The molecule has 1 aromatic heterocycles. The van der Waals surface area contributed by atoms with E-state index >= 15 is 0 Å². The number of hydrogen-bond acceptors (Lipinski definition) is 5.